The van der Waals surface area contributed by atoms with E-state index in [0.29, 0.717) is 32.8 Å². The first-order chi connectivity index (χ1) is 14.8. The minimum absolute atomic E-state index is 0.0142. The van der Waals surface area contributed by atoms with Gasteiger partial charge in [0.1, 0.15) is 15.1 Å². The van der Waals surface area contributed by atoms with E-state index in [9.17, 15) is 23.2 Å². The molecule has 1 aliphatic carbocycles. The summed E-state index contributed by atoms with van der Waals surface area (Å²) in [4.78, 5) is 18.8. The quantitative estimate of drug-likeness (QED) is 0.419. The standard InChI is InChI=1S/C19H13F3N6OS2/c20-19(21,22)12-2-1-10(11(5-12)7-23)8-30-17-26-18(3-4-18)13-6-14(15(24)25-9-29)27-28-16(13)31-17/h1-2,5-6,9H,3-4,8H2,(H2,24,25,29). The number of nitrogens with zero attached hydrogens (tertiary/aromatic N) is 5. The van der Waals surface area contributed by atoms with E-state index in [-0.39, 0.29) is 11.4 Å². The lowest BCUT2D eigenvalue weighted by atomic mass is 10.1. The van der Waals surface area contributed by atoms with Crippen LogP contribution in [0.4, 0.5) is 13.2 Å². The number of hydrogen-bond donors (Lipinski definition) is 1. The summed E-state index contributed by atoms with van der Waals surface area (Å²) in [6, 6.07) is 6.73. The van der Waals surface area contributed by atoms with Gasteiger partial charge in [0.25, 0.3) is 0 Å². The molecule has 1 aromatic heterocycles. The van der Waals surface area contributed by atoms with E-state index in [1.54, 1.807) is 6.07 Å². The molecule has 2 N–H and O–H groups in total. The SMILES string of the molecule is N#Cc1cc(C(F)(F)F)ccc1CSC1=NC2(CC2)c2cc(C(N)=NC=O)nnc2S1. The number of rotatable bonds is 4. The second-order valence-corrected chi connectivity index (χ2v) is 9.05. The molecule has 1 amide bonds. The summed E-state index contributed by atoms with van der Waals surface area (Å²) in [6.07, 6.45) is -2.55. The average molecular weight is 462 g/mol. The maximum Gasteiger partial charge on any atom is 0.416 e. The second kappa shape index (κ2) is 7.97. The van der Waals surface area contributed by atoms with Gasteiger partial charge in [0, 0.05) is 11.3 Å². The Morgan fingerprint density at radius 2 is 2.13 bits per heavy atom. The number of carbonyl (C=O) groups excluding carboxylic acids is 1. The summed E-state index contributed by atoms with van der Waals surface area (Å²) in [5, 5.41) is 18.1. The van der Waals surface area contributed by atoms with Crippen molar-refractivity contribution >= 4 is 40.1 Å². The molecule has 4 rings (SSSR count). The largest absolute Gasteiger partial charge is 0.416 e. The van der Waals surface area contributed by atoms with E-state index < -0.39 is 17.3 Å². The number of aromatic nitrogens is 2. The van der Waals surface area contributed by atoms with Crippen molar-refractivity contribution in [2.45, 2.75) is 35.3 Å². The molecule has 1 aliphatic heterocycles. The first-order valence-corrected chi connectivity index (χ1v) is 10.7. The lowest BCUT2D eigenvalue weighted by Gasteiger charge is -2.22. The number of thioether (sulfide) groups is 2. The minimum Gasteiger partial charge on any atom is -0.382 e. The predicted octanol–water partition coefficient (Wildman–Crippen LogP) is 3.61. The Kier molecular flexibility index (Phi) is 5.49. The van der Waals surface area contributed by atoms with E-state index in [1.165, 1.54) is 29.6 Å². The van der Waals surface area contributed by atoms with Crippen LogP contribution in [0.5, 0.6) is 0 Å². The number of amides is 1. The maximum atomic E-state index is 12.9. The molecule has 0 saturated heterocycles. The van der Waals surface area contributed by atoms with Crippen LogP contribution in [-0.4, -0.2) is 26.8 Å². The smallest absolute Gasteiger partial charge is 0.382 e. The van der Waals surface area contributed by atoms with E-state index >= 15 is 0 Å². The first-order valence-electron chi connectivity index (χ1n) is 8.92. The molecule has 158 valence electrons. The van der Waals surface area contributed by atoms with Crippen LogP contribution < -0.4 is 5.73 Å². The number of fused-ring (bicyclic) bond motifs is 2. The lowest BCUT2D eigenvalue weighted by molar-refractivity contribution is -0.137. The second-order valence-electron chi connectivity index (χ2n) is 6.85. The molecule has 2 heterocycles. The van der Waals surface area contributed by atoms with E-state index in [1.807, 2.05) is 6.07 Å². The molecule has 0 radical (unpaired) electrons. The number of aliphatic imine (C=N–C) groups is 2. The Hall–Kier alpha value is -2.91. The van der Waals surface area contributed by atoms with Crippen molar-refractivity contribution in [1.82, 2.24) is 10.2 Å². The minimum atomic E-state index is -4.50. The number of nitriles is 1. The lowest BCUT2D eigenvalue weighted by Crippen LogP contribution is -2.20. The first kappa shape index (κ1) is 21.3. The maximum absolute atomic E-state index is 12.9. The molecule has 31 heavy (non-hydrogen) atoms. The third-order valence-corrected chi connectivity index (χ3v) is 7.00. The Morgan fingerprint density at radius 3 is 2.77 bits per heavy atom. The van der Waals surface area contributed by atoms with Gasteiger partial charge in [0.15, 0.2) is 5.84 Å². The highest BCUT2D eigenvalue weighted by Gasteiger charge is 2.49. The molecule has 12 heteroatoms. The number of hydrogen-bond acceptors (Lipinski definition) is 7. The molecule has 1 fully saturated rings. The normalized spacial score (nSPS) is 17.0. The molecular weight excluding hydrogens is 449 g/mol. The zero-order chi connectivity index (χ0) is 22.2. The topological polar surface area (TPSA) is 117 Å². The van der Waals surface area contributed by atoms with Gasteiger partial charge in [-0.15, -0.1) is 10.2 Å². The average Bonchev–Trinajstić information content (AvgIpc) is 3.51. The van der Waals surface area contributed by atoms with Gasteiger partial charge in [-0.3, -0.25) is 9.79 Å². The summed E-state index contributed by atoms with van der Waals surface area (Å²) in [5.41, 5.74) is 6.08. The van der Waals surface area contributed by atoms with Crippen LogP contribution in [0.1, 0.15) is 40.8 Å². The highest BCUT2D eigenvalue weighted by molar-refractivity contribution is 8.38. The summed E-state index contributed by atoms with van der Waals surface area (Å²) in [5.74, 6) is 0.268. The van der Waals surface area contributed by atoms with Crippen molar-refractivity contribution in [2.75, 3.05) is 0 Å². The van der Waals surface area contributed by atoms with Gasteiger partial charge in [-0.25, -0.2) is 0 Å². The van der Waals surface area contributed by atoms with Crippen molar-refractivity contribution in [3.05, 3.63) is 52.2 Å². The van der Waals surface area contributed by atoms with Crippen LogP contribution in [0.3, 0.4) is 0 Å². The van der Waals surface area contributed by atoms with Crippen molar-refractivity contribution in [1.29, 1.82) is 5.26 Å². The molecule has 1 aromatic carbocycles. The molecule has 0 atom stereocenters. The van der Waals surface area contributed by atoms with Crippen LogP contribution in [0, 0.1) is 11.3 Å². The van der Waals surface area contributed by atoms with Gasteiger partial charge >= 0.3 is 6.18 Å². The van der Waals surface area contributed by atoms with Gasteiger partial charge in [0.05, 0.1) is 22.7 Å². The molecule has 1 saturated carbocycles. The predicted molar refractivity (Wildman–Crippen MR) is 110 cm³/mol. The number of nitrogens with two attached hydrogens (primary N) is 1. The molecule has 0 bridgehead atoms. The van der Waals surface area contributed by atoms with Crippen molar-refractivity contribution in [2.24, 2.45) is 15.7 Å². The van der Waals surface area contributed by atoms with Gasteiger partial charge in [-0.2, -0.15) is 23.4 Å². The Balaban J connectivity index is 1.55. The molecule has 0 unspecified atom stereocenters. The van der Waals surface area contributed by atoms with Crippen LogP contribution in [0.25, 0.3) is 0 Å². The fourth-order valence-electron chi connectivity index (χ4n) is 3.06. The highest BCUT2D eigenvalue weighted by Crippen LogP contribution is 2.56. The zero-order valence-corrected chi connectivity index (χ0v) is 17.3. The van der Waals surface area contributed by atoms with E-state index in [2.05, 4.69) is 15.2 Å². The summed E-state index contributed by atoms with van der Waals surface area (Å²) in [7, 11) is 0. The van der Waals surface area contributed by atoms with Crippen LogP contribution in [0.15, 0.2) is 39.3 Å². The van der Waals surface area contributed by atoms with Crippen LogP contribution in [0.2, 0.25) is 0 Å². The Morgan fingerprint density at radius 1 is 1.35 bits per heavy atom. The molecular formula is C19H13F3N6OS2. The van der Waals surface area contributed by atoms with Crippen LogP contribution >= 0.6 is 23.5 Å². The Bertz CT molecular complexity index is 1170. The summed E-state index contributed by atoms with van der Waals surface area (Å²) in [6.45, 7) is 0. The van der Waals surface area contributed by atoms with E-state index in [0.717, 1.165) is 30.5 Å². The third-order valence-electron chi connectivity index (χ3n) is 4.84. The third kappa shape index (κ3) is 4.28. The van der Waals surface area contributed by atoms with Gasteiger partial charge < -0.3 is 5.73 Å². The van der Waals surface area contributed by atoms with Crippen LogP contribution in [-0.2, 0) is 22.3 Å². The van der Waals surface area contributed by atoms with Gasteiger partial charge in [0.2, 0.25) is 6.41 Å². The molecule has 2 aliphatic rings. The highest BCUT2D eigenvalue weighted by atomic mass is 32.2. The molecule has 7 nitrogen and oxygen atoms in total. The summed E-state index contributed by atoms with van der Waals surface area (Å²) < 4.78 is 39.4. The number of halogens is 3. The number of carbonyl (C=O) groups is 1. The molecule has 1 spiro atoms. The van der Waals surface area contributed by atoms with Gasteiger partial charge in [-0.05, 0) is 48.4 Å². The summed E-state index contributed by atoms with van der Waals surface area (Å²) >= 11 is 2.64. The fraction of sp³-hybridized carbons (Fsp3) is 0.263. The van der Waals surface area contributed by atoms with Crippen molar-refractivity contribution < 1.29 is 18.0 Å². The van der Waals surface area contributed by atoms with Crippen molar-refractivity contribution in [3.8, 4) is 6.07 Å². The number of alkyl halides is 3. The van der Waals surface area contributed by atoms with E-state index in [4.69, 9.17) is 10.7 Å². The number of benzene rings is 1. The Labute approximate surface area is 183 Å². The van der Waals surface area contributed by atoms with Gasteiger partial charge in [-0.1, -0.05) is 17.8 Å². The number of amidine groups is 1. The monoisotopic (exact) mass is 462 g/mol. The zero-order valence-electron chi connectivity index (χ0n) is 15.7. The fourth-order valence-corrected chi connectivity index (χ4v) is 5.31. The molecule has 2 aromatic rings. The van der Waals surface area contributed by atoms with Crippen molar-refractivity contribution in [3.63, 3.8) is 0 Å².